The summed E-state index contributed by atoms with van der Waals surface area (Å²) in [5, 5.41) is 3.02. The van der Waals surface area contributed by atoms with Gasteiger partial charge >= 0.3 is 0 Å². The van der Waals surface area contributed by atoms with Crippen molar-refractivity contribution in [2.75, 3.05) is 10.6 Å². The van der Waals surface area contributed by atoms with Crippen molar-refractivity contribution in [1.29, 1.82) is 0 Å². The smallest absolute Gasteiger partial charge is 0.244 e. The van der Waals surface area contributed by atoms with E-state index in [-0.39, 0.29) is 11.9 Å². The van der Waals surface area contributed by atoms with Gasteiger partial charge in [0.15, 0.2) is 0 Å². The zero-order valence-electron chi connectivity index (χ0n) is 14.1. The maximum absolute atomic E-state index is 12.6. The van der Waals surface area contributed by atoms with E-state index in [2.05, 4.69) is 5.32 Å². The van der Waals surface area contributed by atoms with Gasteiger partial charge in [-0.25, -0.2) is 8.42 Å². The van der Waals surface area contributed by atoms with Gasteiger partial charge in [0.25, 0.3) is 0 Å². The summed E-state index contributed by atoms with van der Waals surface area (Å²) in [7, 11) is -3.55. The Balaban J connectivity index is 2.28. The Morgan fingerprint density at radius 3 is 2.30 bits per heavy atom. The molecule has 0 spiro atoms. The first kappa shape index (κ1) is 17.8. The van der Waals surface area contributed by atoms with E-state index in [4.69, 9.17) is 0 Å². The van der Waals surface area contributed by atoms with Gasteiger partial charge in [0.2, 0.25) is 15.9 Å². The Bertz CT molecular complexity index is 634. The number of hydrogen-bond donors (Lipinski definition) is 1. The fourth-order valence-electron chi connectivity index (χ4n) is 3.12. The molecule has 1 aliphatic rings. The van der Waals surface area contributed by atoms with Crippen LogP contribution < -0.4 is 9.62 Å². The zero-order valence-corrected chi connectivity index (χ0v) is 14.9. The van der Waals surface area contributed by atoms with Crippen LogP contribution in [0.1, 0.15) is 44.6 Å². The number of sulfonamides is 1. The highest BCUT2D eigenvalue weighted by molar-refractivity contribution is 7.92. The van der Waals surface area contributed by atoms with Crippen LogP contribution in [0, 0.1) is 6.92 Å². The highest BCUT2D eigenvalue weighted by atomic mass is 32.2. The quantitative estimate of drug-likeness (QED) is 0.867. The fraction of sp³-hybridized carbons (Fsp3) is 0.588. The Hall–Kier alpha value is -1.56. The van der Waals surface area contributed by atoms with Crippen LogP contribution in [-0.2, 0) is 14.8 Å². The van der Waals surface area contributed by atoms with Crippen LogP contribution in [0.5, 0.6) is 0 Å². The van der Waals surface area contributed by atoms with E-state index in [0.29, 0.717) is 12.1 Å². The second-order valence-corrected chi connectivity index (χ2v) is 8.17. The number of hydrogen-bond acceptors (Lipinski definition) is 3. The topological polar surface area (TPSA) is 66.5 Å². The number of nitrogens with zero attached hydrogens (tertiary/aromatic N) is 1. The second-order valence-electron chi connectivity index (χ2n) is 6.31. The second kappa shape index (κ2) is 7.34. The molecule has 23 heavy (non-hydrogen) atoms. The zero-order chi connectivity index (χ0) is 17.0. The molecule has 0 aromatic heterocycles. The molecule has 1 N–H and O–H groups in total. The first-order chi connectivity index (χ1) is 10.8. The molecule has 6 heteroatoms. The minimum absolute atomic E-state index is 0.177. The number of benzene rings is 1. The van der Waals surface area contributed by atoms with E-state index in [9.17, 15) is 13.2 Å². The van der Waals surface area contributed by atoms with Crippen molar-refractivity contribution in [3.8, 4) is 0 Å². The van der Waals surface area contributed by atoms with E-state index in [1.807, 2.05) is 26.0 Å². The highest BCUT2D eigenvalue weighted by Crippen LogP contribution is 2.24. The van der Waals surface area contributed by atoms with E-state index in [0.717, 1.165) is 37.5 Å². The van der Waals surface area contributed by atoms with Crippen molar-refractivity contribution in [3.05, 3.63) is 29.8 Å². The first-order valence-corrected chi connectivity index (χ1v) is 10.0. The van der Waals surface area contributed by atoms with E-state index >= 15 is 0 Å². The average molecular weight is 338 g/mol. The van der Waals surface area contributed by atoms with Crippen molar-refractivity contribution >= 4 is 21.6 Å². The molecule has 5 nitrogen and oxygen atoms in total. The standard InChI is InChI=1S/C17H26N2O3S/c1-4-16(17(20)18-14-7-5-6-8-14)19(23(3,21)22)15-11-9-13(2)10-12-15/h9-12,14,16H,4-8H2,1-3H3,(H,18,20)/t16-/m1/s1. The third kappa shape index (κ3) is 4.47. The van der Waals surface area contributed by atoms with Gasteiger partial charge < -0.3 is 5.32 Å². The van der Waals surface area contributed by atoms with Crippen LogP contribution in [0.2, 0.25) is 0 Å². The van der Waals surface area contributed by atoms with Gasteiger partial charge in [-0.2, -0.15) is 0 Å². The summed E-state index contributed by atoms with van der Waals surface area (Å²) in [6, 6.07) is 6.68. The summed E-state index contributed by atoms with van der Waals surface area (Å²) in [4.78, 5) is 12.6. The van der Waals surface area contributed by atoms with E-state index in [1.54, 1.807) is 12.1 Å². The summed E-state index contributed by atoms with van der Waals surface area (Å²) in [6.45, 7) is 3.78. The summed E-state index contributed by atoms with van der Waals surface area (Å²) >= 11 is 0. The molecule has 2 rings (SSSR count). The molecule has 0 saturated heterocycles. The van der Waals surface area contributed by atoms with Crippen LogP contribution in [0.25, 0.3) is 0 Å². The summed E-state index contributed by atoms with van der Waals surface area (Å²) in [5.74, 6) is -0.203. The Morgan fingerprint density at radius 1 is 1.26 bits per heavy atom. The lowest BCUT2D eigenvalue weighted by atomic mass is 10.1. The number of aryl methyl sites for hydroxylation is 1. The van der Waals surface area contributed by atoms with Gasteiger partial charge in [-0.3, -0.25) is 9.10 Å². The van der Waals surface area contributed by atoms with Crippen LogP contribution in [0.15, 0.2) is 24.3 Å². The van der Waals surface area contributed by atoms with Crippen molar-refractivity contribution < 1.29 is 13.2 Å². The predicted octanol–water partition coefficient (Wildman–Crippen LogP) is 2.60. The molecular weight excluding hydrogens is 312 g/mol. The van der Waals surface area contributed by atoms with Gasteiger partial charge in [-0.1, -0.05) is 37.5 Å². The number of anilines is 1. The third-order valence-corrected chi connectivity index (χ3v) is 5.50. The maximum atomic E-state index is 12.6. The molecule has 1 aliphatic carbocycles. The van der Waals surface area contributed by atoms with Crippen LogP contribution in [0.4, 0.5) is 5.69 Å². The van der Waals surface area contributed by atoms with E-state index in [1.165, 1.54) is 4.31 Å². The lowest BCUT2D eigenvalue weighted by molar-refractivity contribution is -0.122. The Kier molecular flexibility index (Phi) is 5.68. The minimum atomic E-state index is -3.55. The lowest BCUT2D eigenvalue weighted by Gasteiger charge is -2.31. The number of nitrogens with one attached hydrogen (secondary N) is 1. The maximum Gasteiger partial charge on any atom is 0.244 e. The molecule has 1 atom stereocenters. The van der Waals surface area contributed by atoms with Gasteiger partial charge in [0, 0.05) is 6.04 Å². The first-order valence-electron chi connectivity index (χ1n) is 8.19. The number of carbonyl (C=O) groups is 1. The number of amides is 1. The largest absolute Gasteiger partial charge is 0.352 e. The normalized spacial score (nSPS) is 17.0. The highest BCUT2D eigenvalue weighted by Gasteiger charge is 2.32. The van der Waals surface area contributed by atoms with Crippen LogP contribution >= 0.6 is 0 Å². The molecule has 1 aromatic rings. The number of rotatable bonds is 6. The molecule has 0 aliphatic heterocycles. The third-order valence-electron chi connectivity index (χ3n) is 4.32. The lowest BCUT2D eigenvalue weighted by Crippen LogP contribution is -2.51. The molecule has 1 amide bonds. The molecule has 0 bridgehead atoms. The molecule has 0 unspecified atom stereocenters. The SMILES string of the molecule is CC[C@H](C(=O)NC1CCCC1)N(c1ccc(C)cc1)S(C)(=O)=O. The molecule has 1 fully saturated rings. The van der Waals surface area contributed by atoms with Crippen molar-refractivity contribution in [3.63, 3.8) is 0 Å². The predicted molar refractivity (Wildman–Crippen MR) is 93.0 cm³/mol. The number of carbonyl (C=O) groups excluding carboxylic acids is 1. The van der Waals surface area contributed by atoms with Gasteiger partial charge in [-0.05, 0) is 38.3 Å². The van der Waals surface area contributed by atoms with Crippen LogP contribution in [0.3, 0.4) is 0 Å². The van der Waals surface area contributed by atoms with Crippen LogP contribution in [-0.4, -0.2) is 32.7 Å². The van der Waals surface area contributed by atoms with Gasteiger partial charge in [0.1, 0.15) is 6.04 Å². The van der Waals surface area contributed by atoms with Gasteiger partial charge in [0.05, 0.1) is 11.9 Å². The molecule has 128 valence electrons. The summed E-state index contributed by atoms with van der Waals surface area (Å²) in [5.41, 5.74) is 1.58. The summed E-state index contributed by atoms with van der Waals surface area (Å²) in [6.07, 6.45) is 5.78. The Labute approximate surface area is 139 Å². The average Bonchev–Trinajstić information content (AvgIpc) is 2.97. The minimum Gasteiger partial charge on any atom is -0.352 e. The molecule has 1 saturated carbocycles. The summed E-state index contributed by atoms with van der Waals surface area (Å²) < 4.78 is 25.9. The Morgan fingerprint density at radius 2 is 1.83 bits per heavy atom. The fourth-order valence-corrected chi connectivity index (χ4v) is 4.33. The molecule has 1 aromatic carbocycles. The van der Waals surface area contributed by atoms with Crippen molar-refractivity contribution in [2.24, 2.45) is 0 Å². The van der Waals surface area contributed by atoms with E-state index < -0.39 is 16.1 Å². The van der Waals surface area contributed by atoms with Crippen molar-refractivity contribution in [2.45, 2.75) is 58.0 Å². The molecule has 0 radical (unpaired) electrons. The van der Waals surface area contributed by atoms with Crippen molar-refractivity contribution in [1.82, 2.24) is 5.32 Å². The van der Waals surface area contributed by atoms with Gasteiger partial charge in [-0.15, -0.1) is 0 Å². The molecule has 0 heterocycles. The molecular formula is C17H26N2O3S. The monoisotopic (exact) mass is 338 g/mol.